The second-order valence-corrected chi connectivity index (χ2v) is 15.7. The van der Waals surface area contributed by atoms with Crippen LogP contribution in [0.15, 0.2) is 79.4 Å². The standard InChI is InChI=1S/C20H24NO6.C11H19N2O.C7H13N2O.C5H11N2/c1-21(2,13-15-24-19(22)26-17-9-5-3-6-10-17)14-16-25-20(23)27-18-11-7-4-8-12-18;1-3-4-5-6-7-11(14)13-9-8-12(2)10-13;1-9(3-2-8)4-6-10-7-5-9;1-7(2,3)5-4-6/h3-12H,13-16H2,1-2H3;8-10H,3-7H2,1-2H3;3-7H2,1H3;5H2,1-3H3/q4*+1. The number of ether oxygens (including phenoxy) is 5. The fraction of sp³-hybridized carbons (Fsp3) is 0.535. The van der Waals surface area contributed by atoms with Crippen molar-refractivity contribution < 1.29 is 56.1 Å². The largest absolute Gasteiger partial charge is 0.514 e. The highest BCUT2D eigenvalue weighted by molar-refractivity contribution is 5.78. The maximum Gasteiger partial charge on any atom is 0.514 e. The van der Waals surface area contributed by atoms with Crippen molar-refractivity contribution in [3.05, 3.63) is 79.4 Å². The summed E-state index contributed by atoms with van der Waals surface area (Å²) in [7, 11) is 13.9. The Bertz CT molecular complexity index is 1610. The fourth-order valence-electron chi connectivity index (χ4n) is 4.85. The van der Waals surface area contributed by atoms with Crippen molar-refractivity contribution in [2.24, 2.45) is 7.05 Å². The van der Waals surface area contributed by atoms with E-state index in [0.717, 1.165) is 48.1 Å². The first-order valence-corrected chi connectivity index (χ1v) is 19.6. The normalized spacial score (nSPS) is 12.9. The molecule has 0 saturated carbocycles. The molecule has 0 aliphatic carbocycles. The Morgan fingerprint density at radius 1 is 0.810 bits per heavy atom. The van der Waals surface area contributed by atoms with Crippen LogP contribution in [0.25, 0.3) is 0 Å². The molecular weight excluding hydrogens is 743 g/mol. The summed E-state index contributed by atoms with van der Waals surface area (Å²) in [6.07, 6.45) is 9.28. The van der Waals surface area contributed by atoms with Gasteiger partial charge in [0.2, 0.25) is 0 Å². The maximum atomic E-state index is 11.6. The number of rotatable bonds is 15. The molecule has 0 atom stereocenters. The number of quaternary nitrogens is 3. The summed E-state index contributed by atoms with van der Waals surface area (Å²) in [6, 6.07) is 21.7. The zero-order valence-electron chi connectivity index (χ0n) is 36.0. The number of nitrogens with zero attached hydrogens (tertiary/aromatic N) is 7. The summed E-state index contributed by atoms with van der Waals surface area (Å²) in [5, 5.41) is 16.6. The Balaban J connectivity index is 0.000000449. The fourth-order valence-corrected chi connectivity index (χ4v) is 4.85. The summed E-state index contributed by atoms with van der Waals surface area (Å²) < 4.78 is 31.1. The number of aromatic nitrogens is 2. The van der Waals surface area contributed by atoms with Crippen molar-refractivity contribution in [3.8, 4) is 23.6 Å². The Hall–Kier alpha value is -5.32. The average Bonchev–Trinajstić information content (AvgIpc) is 3.61. The van der Waals surface area contributed by atoms with Gasteiger partial charge >= 0.3 is 18.2 Å². The van der Waals surface area contributed by atoms with Gasteiger partial charge < -0.3 is 37.1 Å². The maximum absolute atomic E-state index is 11.6. The number of hydrogen-bond donors (Lipinski definition) is 0. The molecule has 3 aromatic rings. The summed E-state index contributed by atoms with van der Waals surface area (Å²) in [4.78, 5) is 34.8. The van der Waals surface area contributed by atoms with Crippen molar-refractivity contribution in [1.29, 1.82) is 10.5 Å². The van der Waals surface area contributed by atoms with E-state index in [1.165, 1.54) is 12.8 Å². The quantitative estimate of drug-likeness (QED) is 0.0472. The van der Waals surface area contributed by atoms with Gasteiger partial charge in [-0.3, -0.25) is 0 Å². The van der Waals surface area contributed by atoms with E-state index >= 15 is 0 Å². The molecule has 1 aliphatic heterocycles. The van der Waals surface area contributed by atoms with Crippen LogP contribution in [0.5, 0.6) is 11.5 Å². The van der Waals surface area contributed by atoms with Crippen molar-refractivity contribution in [2.45, 2.75) is 39.0 Å². The topological polar surface area (TPSA) is 154 Å². The van der Waals surface area contributed by atoms with Crippen LogP contribution in [-0.4, -0.2) is 144 Å². The molecule has 318 valence electrons. The van der Waals surface area contributed by atoms with Crippen molar-refractivity contribution in [1.82, 2.24) is 4.57 Å². The Kier molecular flexibility index (Phi) is 24.6. The average molecular weight is 810 g/mol. The van der Waals surface area contributed by atoms with E-state index in [0.29, 0.717) is 48.6 Å². The third-order valence-corrected chi connectivity index (χ3v) is 8.57. The minimum atomic E-state index is -0.746. The number of likely N-dealkylation sites (N-methyl/N-ethyl adjacent to an activating group) is 2. The van der Waals surface area contributed by atoms with Gasteiger partial charge in [-0.05, 0) is 30.7 Å². The Morgan fingerprint density at radius 2 is 1.33 bits per heavy atom. The highest BCUT2D eigenvalue weighted by atomic mass is 16.7. The summed E-state index contributed by atoms with van der Waals surface area (Å²) in [6.45, 7) is 8.40. The first-order chi connectivity index (χ1) is 27.5. The molecule has 1 saturated heterocycles. The van der Waals surface area contributed by atoms with Gasteiger partial charge in [0, 0.05) is 0 Å². The molecule has 15 heteroatoms. The highest BCUT2D eigenvalue weighted by Crippen LogP contribution is 2.11. The minimum Gasteiger partial charge on any atom is -0.428 e. The van der Waals surface area contributed by atoms with Gasteiger partial charge in [0.15, 0.2) is 13.1 Å². The molecule has 15 nitrogen and oxygen atoms in total. The SMILES string of the molecule is CCCCCCC(=O)n1cc[n+](C)c1.C[N+](C)(C)CC#N.C[N+](C)(CCOC(=O)Oc1ccccc1)CCOC(=O)Oc1ccccc1.C[N+]1(CC#N)CCOCC1. The molecule has 4 rings (SSSR count). The van der Waals surface area contributed by atoms with Gasteiger partial charge in [-0.15, -0.1) is 0 Å². The van der Waals surface area contributed by atoms with Crippen LogP contribution >= 0.6 is 0 Å². The second-order valence-electron chi connectivity index (χ2n) is 15.7. The molecule has 1 aliphatic rings. The summed E-state index contributed by atoms with van der Waals surface area (Å²) in [5.74, 6) is 1.06. The second kappa shape index (κ2) is 28.1. The van der Waals surface area contributed by atoms with E-state index in [4.69, 9.17) is 34.2 Å². The Morgan fingerprint density at radius 3 is 1.72 bits per heavy atom. The van der Waals surface area contributed by atoms with E-state index in [-0.39, 0.29) is 19.1 Å². The van der Waals surface area contributed by atoms with E-state index < -0.39 is 12.3 Å². The third kappa shape index (κ3) is 25.8. The van der Waals surface area contributed by atoms with Crippen molar-refractivity contribution in [3.63, 3.8) is 0 Å². The number of para-hydroxylation sites is 2. The zero-order valence-corrected chi connectivity index (χ0v) is 36.0. The molecule has 0 bridgehead atoms. The van der Waals surface area contributed by atoms with Gasteiger partial charge in [-0.2, -0.15) is 15.1 Å². The van der Waals surface area contributed by atoms with E-state index in [2.05, 4.69) is 26.1 Å². The number of hydrogen-bond acceptors (Lipinski definition) is 10. The van der Waals surface area contributed by atoms with E-state index in [1.807, 2.05) is 77.7 Å². The number of imidazole rings is 1. The van der Waals surface area contributed by atoms with Crippen LogP contribution in [0.4, 0.5) is 9.59 Å². The molecule has 0 spiro atoms. The van der Waals surface area contributed by atoms with Crippen molar-refractivity contribution in [2.75, 3.05) is 108 Å². The molecular formula is C43H67N7O8+4. The number of aryl methyl sites for hydroxylation is 1. The van der Waals surface area contributed by atoms with Crippen LogP contribution in [0.3, 0.4) is 0 Å². The van der Waals surface area contributed by atoms with Gasteiger partial charge in [0.1, 0.15) is 75.4 Å². The first kappa shape index (κ1) is 50.7. The van der Waals surface area contributed by atoms with E-state index in [9.17, 15) is 14.4 Å². The lowest BCUT2D eigenvalue weighted by Crippen LogP contribution is -2.51. The highest BCUT2D eigenvalue weighted by Gasteiger charge is 2.24. The molecule has 0 amide bonds. The van der Waals surface area contributed by atoms with E-state index in [1.54, 1.807) is 53.1 Å². The first-order valence-electron chi connectivity index (χ1n) is 19.6. The lowest BCUT2D eigenvalue weighted by molar-refractivity contribution is -0.910. The van der Waals surface area contributed by atoms with Gasteiger partial charge in [-0.25, -0.2) is 19.0 Å². The number of benzene rings is 2. The molecule has 1 fully saturated rings. The molecule has 58 heavy (non-hydrogen) atoms. The number of unbranched alkanes of at least 4 members (excludes halogenated alkanes) is 3. The number of morpholine rings is 1. The van der Waals surface area contributed by atoms with Gasteiger partial charge in [-0.1, -0.05) is 62.6 Å². The molecule has 1 aromatic heterocycles. The van der Waals surface area contributed by atoms with Crippen LogP contribution in [-0.2, 0) is 21.3 Å². The molecule has 2 heterocycles. The predicted molar refractivity (Wildman–Crippen MR) is 219 cm³/mol. The molecule has 2 aromatic carbocycles. The number of nitriles is 2. The monoisotopic (exact) mass is 810 g/mol. The van der Waals surface area contributed by atoms with Gasteiger partial charge in [0.05, 0.1) is 69.0 Å². The zero-order chi connectivity index (χ0) is 43.3. The Labute approximate surface area is 345 Å². The minimum absolute atomic E-state index is 0.188. The molecule has 0 N–H and O–H groups in total. The number of carbonyl (C=O) groups excluding carboxylic acids is 3. The lowest BCUT2D eigenvalue weighted by Gasteiger charge is -2.35. The van der Waals surface area contributed by atoms with Crippen LogP contribution in [0.1, 0.15) is 43.8 Å². The number of carbonyl (C=O) groups is 3. The summed E-state index contributed by atoms with van der Waals surface area (Å²) >= 11 is 0. The van der Waals surface area contributed by atoms with Crippen molar-refractivity contribution >= 4 is 18.2 Å². The van der Waals surface area contributed by atoms with Crippen LogP contribution in [0.2, 0.25) is 0 Å². The lowest BCUT2D eigenvalue weighted by atomic mass is 10.1. The summed E-state index contributed by atoms with van der Waals surface area (Å²) in [5.41, 5.74) is 0. The third-order valence-electron chi connectivity index (χ3n) is 8.57. The smallest absolute Gasteiger partial charge is 0.428 e. The van der Waals surface area contributed by atoms with Crippen LogP contribution in [0, 0.1) is 22.7 Å². The predicted octanol–water partition coefficient (Wildman–Crippen LogP) is 5.62. The molecule has 0 radical (unpaired) electrons. The van der Waals surface area contributed by atoms with Crippen LogP contribution < -0.4 is 14.0 Å². The van der Waals surface area contributed by atoms with Gasteiger partial charge in [0.25, 0.3) is 6.33 Å². The molecule has 0 unspecified atom stereocenters.